The lowest BCUT2D eigenvalue weighted by molar-refractivity contribution is -0.166. The second-order valence-corrected chi connectivity index (χ2v) is 3.35. The van der Waals surface area contributed by atoms with Crippen LogP contribution in [0.3, 0.4) is 0 Å². The number of carboxylic acid groups (broad SMARTS) is 1. The molecule has 0 aliphatic heterocycles. The normalized spacial score (nSPS) is 11.0. The van der Waals surface area contributed by atoms with Gasteiger partial charge >= 0.3 is 11.9 Å². The summed E-state index contributed by atoms with van der Waals surface area (Å²) in [7, 11) is 0. The fourth-order valence-corrected chi connectivity index (χ4v) is 0.677. The zero-order chi connectivity index (χ0) is 10.8. The Hall–Kier alpha value is -1.78. The molecule has 1 heterocycles. The van der Waals surface area contributed by atoms with Gasteiger partial charge in [0.15, 0.2) is 5.41 Å². The van der Waals surface area contributed by atoms with Crippen LogP contribution in [0.5, 0.6) is 0 Å². The van der Waals surface area contributed by atoms with Gasteiger partial charge in [-0.3, -0.25) is 4.79 Å². The SMILES string of the molecule is CC(C)(C(=O)O)C(=O)On1cccc1. The largest absolute Gasteiger partial charge is 0.480 e. The summed E-state index contributed by atoms with van der Waals surface area (Å²) >= 11 is 0. The van der Waals surface area contributed by atoms with E-state index in [4.69, 9.17) is 9.94 Å². The van der Waals surface area contributed by atoms with Crippen molar-refractivity contribution < 1.29 is 19.5 Å². The maximum atomic E-state index is 11.3. The molecular weight excluding hydrogens is 186 g/mol. The van der Waals surface area contributed by atoms with Crippen LogP contribution in [-0.2, 0) is 9.59 Å². The zero-order valence-electron chi connectivity index (χ0n) is 7.93. The third kappa shape index (κ3) is 1.93. The van der Waals surface area contributed by atoms with Crippen molar-refractivity contribution in [3.63, 3.8) is 0 Å². The maximum Gasteiger partial charge on any atom is 0.349 e. The van der Waals surface area contributed by atoms with E-state index < -0.39 is 17.4 Å². The monoisotopic (exact) mass is 197 g/mol. The molecule has 1 N–H and O–H groups in total. The summed E-state index contributed by atoms with van der Waals surface area (Å²) in [6.07, 6.45) is 3.02. The van der Waals surface area contributed by atoms with Crippen LogP contribution >= 0.6 is 0 Å². The molecule has 0 spiro atoms. The smallest absolute Gasteiger partial charge is 0.349 e. The summed E-state index contributed by atoms with van der Waals surface area (Å²) in [4.78, 5) is 26.8. The molecule has 5 heteroatoms. The number of hydrogen-bond acceptors (Lipinski definition) is 3. The molecule has 0 saturated heterocycles. The van der Waals surface area contributed by atoms with E-state index >= 15 is 0 Å². The quantitative estimate of drug-likeness (QED) is 0.718. The Bertz CT molecular complexity index is 340. The van der Waals surface area contributed by atoms with Crippen LogP contribution in [0.2, 0.25) is 0 Å². The van der Waals surface area contributed by atoms with Crippen LogP contribution in [0.15, 0.2) is 24.5 Å². The second kappa shape index (κ2) is 3.53. The Labute approximate surface area is 80.9 Å². The highest BCUT2D eigenvalue weighted by Gasteiger charge is 2.38. The molecule has 14 heavy (non-hydrogen) atoms. The van der Waals surface area contributed by atoms with Crippen LogP contribution < -0.4 is 4.84 Å². The minimum atomic E-state index is -1.54. The average Bonchev–Trinajstić information content (AvgIpc) is 2.56. The van der Waals surface area contributed by atoms with Gasteiger partial charge in [-0.05, 0) is 26.0 Å². The minimum Gasteiger partial charge on any atom is -0.480 e. The summed E-state index contributed by atoms with van der Waals surface area (Å²) in [6, 6.07) is 3.34. The molecule has 1 aromatic heterocycles. The summed E-state index contributed by atoms with van der Waals surface area (Å²) < 4.78 is 1.16. The van der Waals surface area contributed by atoms with Gasteiger partial charge in [-0.2, -0.15) is 4.73 Å². The van der Waals surface area contributed by atoms with Gasteiger partial charge < -0.3 is 9.94 Å². The molecule has 0 unspecified atom stereocenters. The average molecular weight is 197 g/mol. The summed E-state index contributed by atoms with van der Waals surface area (Å²) in [5.41, 5.74) is -1.54. The topological polar surface area (TPSA) is 68.5 Å². The van der Waals surface area contributed by atoms with Crippen molar-refractivity contribution in [1.82, 2.24) is 4.73 Å². The molecule has 1 aromatic rings. The lowest BCUT2D eigenvalue weighted by Gasteiger charge is -2.16. The molecule has 76 valence electrons. The van der Waals surface area contributed by atoms with E-state index in [1.54, 1.807) is 12.1 Å². The molecule has 0 aliphatic carbocycles. The lowest BCUT2D eigenvalue weighted by Crippen LogP contribution is -2.39. The third-order valence-corrected chi connectivity index (χ3v) is 1.81. The van der Waals surface area contributed by atoms with Gasteiger partial charge in [0.05, 0.1) is 0 Å². The van der Waals surface area contributed by atoms with Crippen LogP contribution in [0.4, 0.5) is 0 Å². The van der Waals surface area contributed by atoms with Crippen molar-refractivity contribution in [2.45, 2.75) is 13.8 Å². The summed E-state index contributed by atoms with van der Waals surface area (Å²) in [5, 5.41) is 8.73. The molecule has 0 fully saturated rings. The van der Waals surface area contributed by atoms with Gasteiger partial charge in [0, 0.05) is 12.4 Å². The van der Waals surface area contributed by atoms with Crippen LogP contribution in [0.25, 0.3) is 0 Å². The number of carbonyl (C=O) groups is 2. The van der Waals surface area contributed by atoms with E-state index in [0.717, 1.165) is 4.73 Å². The molecule has 0 aliphatic rings. The Kier molecular flexibility index (Phi) is 2.60. The van der Waals surface area contributed by atoms with Gasteiger partial charge in [0.1, 0.15) is 0 Å². The van der Waals surface area contributed by atoms with E-state index in [2.05, 4.69) is 0 Å². The van der Waals surface area contributed by atoms with Gasteiger partial charge in [-0.1, -0.05) is 0 Å². The first-order valence-electron chi connectivity index (χ1n) is 4.03. The van der Waals surface area contributed by atoms with E-state index in [1.165, 1.54) is 26.2 Å². The lowest BCUT2D eigenvalue weighted by atomic mass is 9.94. The fourth-order valence-electron chi connectivity index (χ4n) is 0.677. The molecule has 0 radical (unpaired) electrons. The number of carbonyl (C=O) groups excluding carboxylic acids is 1. The summed E-state index contributed by atoms with van der Waals surface area (Å²) in [6.45, 7) is 2.59. The predicted octanol–water partition coefficient (Wildman–Crippen LogP) is 0.554. The van der Waals surface area contributed by atoms with Crippen molar-refractivity contribution in [3.8, 4) is 0 Å². The maximum absolute atomic E-state index is 11.3. The summed E-state index contributed by atoms with van der Waals surface area (Å²) in [5.74, 6) is -2.02. The van der Waals surface area contributed by atoms with Crippen molar-refractivity contribution in [2.75, 3.05) is 0 Å². The first kappa shape index (κ1) is 10.3. The van der Waals surface area contributed by atoms with Gasteiger partial charge in [0.25, 0.3) is 0 Å². The molecule has 0 atom stereocenters. The number of nitrogens with zero attached hydrogens (tertiary/aromatic N) is 1. The molecule has 0 amide bonds. The Morgan fingerprint density at radius 3 is 2.21 bits per heavy atom. The van der Waals surface area contributed by atoms with Crippen molar-refractivity contribution in [1.29, 1.82) is 0 Å². The number of aliphatic carboxylic acids is 1. The first-order valence-corrected chi connectivity index (χ1v) is 4.03. The number of hydrogen-bond donors (Lipinski definition) is 1. The van der Waals surface area contributed by atoms with E-state index in [0.29, 0.717) is 0 Å². The fraction of sp³-hybridized carbons (Fsp3) is 0.333. The molecule has 0 bridgehead atoms. The Balaban J connectivity index is 2.72. The second-order valence-electron chi connectivity index (χ2n) is 3.35. The van der Waals surface area contributed by atoms with Crippen LogP contribution in [0.1, 0.15) is 13.8 Å². The molecule has 0 saturated carbocycles. The molecule has 0 aromatic carbocycles. The highest BCUT2D eigenvalue weighted by molar-refractivity contribution is 5.98. The van der Waals surface area contributed by atoms with Gasteiger partial charge in [-0.25, -0.2) is 4.79 Å². The number of aromatic nitrogens is 1. The third-order valence-electron chi connectivity index (χ3n) is 1.81. The highest BCUT2D eigenvalue weighted by atomic mass is 16.7. The van der Waals surface area contributed by atoms with Crippen LogP contribution in [0, 0.1) is 5.41 Å². The first-order chi connectivity index (χ1) is 6.44. The van der Waals surface area contributed by atoms with E-state index in [9.17, 15) is 9.59 Å². The van der Waals surface area contributed by atoms with E-state index in [1.807, 2.05) is 0 Å². The number of rotatable bonds is 3. The molecular formula is C9H11NO4. The highest BCUT2D eigenvalue weighted by Crippen LogP contribution is 2.15. The van der Waals surface area contributed by atoms with Crippen molar-refractivity contribution >= 4 is 11.9 Å². The molecule has 1 rings (SSSR count). The number of carboxylic acids is 1. The predicted molar refractivity (Wildman–Crippen MR) is 47.4 cm³/mol. The Morgan fingerprint density at radius 1 is 1.29 bits per heavy atom. The minimum absolute atomic E-state index is 0.804. The van der Waals surface area contributed by atoms with Gasteiger partial charge in [0.2, 0.25) is 0 Å². The van der Waals surface area contributed by atoms with Crippen molar-refractivity contribution in [2.24, 2.45) is 5.41 Å². The van der Waals surface area contributed by atoms with Crippen LogP contribution in [-0.4, -0.2) is 21.8 Å². The van der Waals surface area contributed by atoms with Gasteiger partial charge in [-0.15, -0.1) is 0 Å². The van der Waals surface area contributed by atoms with Crippen molar-refractivity contribution in [3.05, 3.63) is 24.5 Å². The van der Waals surface area contributed by atoms with E-state index in [-0.39, 0.29) is 0 Å². The Morgan fingerprint density at radius 2 is 1.79 bits per heavy atom. The molecule has 5 nitrogen and oxygen atoms in total. The zero-order valence-corrected chi connectivity index (χ0v) is 7.93. The standard InChI is InChI=1S/C9H11NO4/c1-9(2,7(11)12)8(13)14-10-5-3-4-6-10/h3-6H,1-2H3,(H,11,12).